The molecule has 0 radical (unpaired) electrons. The van der Waals surface area contributed by atoms with Gasteiger partial charge in [0.2, 0.25) is 0 Å². The third-order valence-corrected chi connectivity index (χ3v) is 2.79. The van der Waals surface area contributed by atoms with Crippen molar-refractivity contribution < 1.29 is 17.9 Å². The van der Waals surface area contributed by atoms with Crippen LogP contribution in [0.3, 0.4) is 0 Å². The summed E-state index contributed by atoms with van der Waals surface area (Å²) in [6.45, 7) is 3.58. The lowest BCUT2D eigenvalue weighted by molar-refractivity contribution is -0.174. The second kappa shape index (κ2) is 7.56. The van der Waals surface area contributed by atoms with E-state index in [0.717, 1.165) is 32.7 Å². The van der Waals surface area contributed by atoms with Crippen molar-refractivity contribution >= 4 is 0 Å². The third kappa shape index (κ3) is 6.79. The summed E-state index contributed by atoms with van der Waals surface area (Å²) >= 11 is 0. The van der Waals surface area contributed by atoms with E-state index in [2.05, 4.69) is 20.6 Å². The van der Waals surface area contributed by atoms with Crippen LogP contribution < -0.4 is 0 Å². The van der Waals surface area contributed by atoms with Crippen LogP contribution in [0.4, 0.5) is 13.2 Å². The molecule has 1 rings (SSSR count). The molecule has 0 aromatic carbocycles. The molecule has 1 aliphatic rings. The fourth-order valence-electron chi connectivity index (χ4n) is 1.85. The average Bonchev–Trinajstić information content (AvgIpc) is 2.30. The normalized spacial score (nSPS) is 18.8. The van der Waals surface area contributed by atoms with E-state index in [1.54, 1.807) is 0 Å². The van der Waals surface area contributed by atoms with Gasteiger partial charge in [-0.05, 0) is 6.42 Å². The van der Waals surface area contributed by atoms with Gasteiger partial charge < -0.3 is 9.64 Å². The molecule has 0 saturated carbocycles. The minimum absolute atomic E-state index is 0.137. The highest BCUT2D eigenvalue weighted by molar-refractivity contribution is 4.80. The lowest BCUT2D eigenvalue weighted by Gasteiger charge is -2.33. The number of rotatable bonds is 6. The summed E-state index contributed by atoms with van der Waals surface area (Å²) in [5.41, 5.74) is 0. The number of piperazine rings is 1. The lowest BCUT2D eigenvalue weighted by atomic mass is 10.3. The molecular weight excluding hydrogens is 247 g/mol. The first-order valence-corrected chi connectivity index (χ1v) is 5.97. The number of hydrogen-bond donors (Lipinski definition) is 0. The van der Waals surface area contributed by atoms with Gasteiger partial charge in [0, 0.05) is 39.3 Å². The maximum absolute atomic E-state index is 11.8. The molecule has 0 aromatic rings. The van der Waals surface area contributed by atoms with Gasteiger partial charge in [-0.2, -0.15) is 18.4 Å². The minimum Gasteiger partial charge on any atom is -0.372 e. The van der Waals surface area contributed by atoms with Crippen molar-refractivity contribution in [3.8, 4) is 6.07 Å². The first-order chi connectivity index (χ1) is 8.51. The molecule has 0 atom stereocenters. The molecule has 0 spiro atoms. The van der Waals surface area contributed by atoms with Gasteiger partial charge in [-0.15, -0.1) is 0 Å². The number of hydrogen-bond acceptors (Lipinski definition) is 4. The largest absolute Gasteiger partial charge is 0.411 e. The van der Waals surface area contributed by atoms with Gasteiger partial charge in [-0.25, -0.2) is 0 Å². The molecule has 4 nitrogen and oxygen atoms in total. The fraction of sp³-hybridized carbons (Fsp3) is 0.909. The van der Waals surface area contributed by atoms with Crippen molar-refractivity contribution in [1.82, 2.24) is 9.80 Å². The summed E-state index contributed by atoms with van der Waals surface area (Å²) in [4.78, 5) is 4.25. The summed E-state index contributed by atoms with van der Waals surface area (Å²) in [7, 11) is 0. The summed E-state index contributed by atoms with van der Waals surface area (Å²) in [6, 6.07) is 2.11. The number of alkyl halides is 3. The molecule has 1 aliphatic heterocycles. The zero-order valence-electron chi connectivity index (χ0n) is 10.2. The Bertz CT molecular complexity index is 270. The van der Waals surface area contributed by atoms with E-state index < -0.39 is 12.8 Å². The first kappa shape index (κ1) is 15.2. The Kier molecular flexibility index (Phi) is 6.39. The fourth-order valence-corrected chi connectivity index (χ4v) is 1.85. The van der Waals surface area contributed by atoms with E-state index in [4.69, 9.17) is 5.26 Å². The molecule has 18 heavy (non-hydrogen) atoms. The van der Waals surface area contributed by atoms with Crippen LogP contribution in [-0.2, 0) is 4.74 Å². The van der Waals surface area contributed by atoms with Crippen LogP contribution in [0.15, 0.2) is 0 Å². The van der Waals surface area contributed by atoms with Gasteiger partial charge in [0.15, 0.2) is 0 Å². The van der Waals surface area contributed by atoms with Crippen LogP contribution >= 0.6 is 0 Å². The molecular formula is C11H18F3N3O. The highest BCUT2D eigenvalue weighted by Crippen LogP contribution is 2.14. The number of ether oxygens (including phenoxy) is 1. The molecule has 0 N–H and O–H groups in total. The lowest BCUT2D eigenvalue weighted by Crippen LogP contribution is -2.46. The van der Waals surface area contributed by atoms with Crippen molar-refractivity contribution in [3.05, 3.63) is 0 Å². The average molecular weight is 265 g/mol. The first-order valence-electron chi connectivity index (χ1n) is 5.97. The van der Waals surface area contributed by atoms with Crippen LogP contribution in [0.1, 0.15) is 6.42 Å². The van der Waals surface area contributed by atoms with Crippen molar-refractivity contribution in [2.24, 2.45) is 0 Å². The second-order valence-corrected chi connectivity index (χ2v) is 4.30. The van der Waals surface area contributed by atoms with E-state index in [0.29, 0.717) is 13.0 Å². The maximum Gasteiger partial charge on any atom is 0.411 e. The van der Waals surface area contributed by atoms with Crippen molar-refractivity contribution in [1.29, 1.82) is 5.26 Å². The van der Waals surface area contributed by atoms with Crippen molar-refractivity contribution in [3.63, 3.8) is 0 Å². The Hall–Kier alpha value is -0.840. The molecule has 0 bridgehead atoms. The zero-order chi connectivity index (χ0) is 13.4. The molecule has 7 heteroatoms. The Balaban J connectivity index is 2.00. The number of nitriles is 1. The summed E-state index contributed by atoms with van der Waals surface area (Å²) in [6.07, 6.45) is -3.63. The molecule has 0 amide bonds. The molecule has 1 heterocycles. The highest BCUT2D eigenvalue weighted by Gasteiger charge is 2.27. The highest BCUT2D eigenvalue weighted by atomic mass is 19.4. The van der Waals surface area contributed by atoms with Gasteiger partial charge in [0.1, 0.15) is 6.61 Å². The smallest absolute Gasteiger partial charge is 0.372 e. The van der Waals surface area contributed by atoms with Gasteiger partial charge in [-0.1, -0.05) is 0 Å². The van der Waals surface area contributed by atoms with E-state index in [-0.39, 0.29) is 6.61 Å². The Morgan fingerprint density at radius 3 is 2.28 bits per heavy atom. The number of nitrogens with zero attached hydrogens (tertiary/aromatic N) is 3. The summed E-state index contributed by atoms with van der Waals surface area (Å²) in [5, 5.41) is 8.54. The molecule has 1 saturated heterocycles. The van der Waals surface area contributed by atoms with Gasteiger partial charge in [-0.3, -0.25) is 4.90 Å². The molecule has 0 unspecified atom stereocenters. The predicted octanol–water partition coefficient (Wildman–Crippen LogP) is 1.10. The maximum atomic E-state index is 11.8. The van der Waals surface area contributed by atoms with Crippen molar-refractivity contribution in [2.45, 2.75) is 12.6 Å². The minimum atomic E-state index is -4.23. The SMILES string of the molecule is N#CCN1CCN(CCCOCC(F)(F)F)CC1. The van der Waals surface area contributed by atoms with Crippen LogP contribution in [-0.4, -0.2) is 68.5 Å². The molecule has 104 valence electrons. The standard InChI is InChI=1S/C11H18F3N3O/c12-11(13,14)10-18-9-1-3-16-5-7-17(4-2-15)8-6-16/h1,3-10H2. The molecule has 0 aromatic heterocycles. The zero-order valence-corrected chi connectivity index (χ0v) is 10.2. The Morgan fingerprint density at radius 1 is 1.11 bits per heavy atom. The quantitative estimate of drug-likeness (QED) is 0.532. The van der Waals surface area contributed by atoms with Crippen LogP contribution in [0.2, 0.25) is 0 Å². The van der Waals surface area contributed by atoms with Gasteiger partial charge in [0.05, 0.1) is 12.6 Å². The van der Waals surface area contributed by atoms with Crippen LogP contribution in [0, 0.1) is 11.3 Å². The van der Waals surface area contributed by atoms with E-state index in [9.17, 15) is 13.2 Å². The summed E-state index contributed by atoms with van der Waals surface area (Å²) < 4.78 is 39.9. The van der Waals surface area contributed by atoms with E-state index >= 15 is 0 Å². The van der Waals surface area contributed by atoms with Gasteiger partial charge >= 0.3 is 6.18 Å². The van der Waals surface area contributed by atoms with Crippen molar-refractivity contribution in [2.75, 3.05) is 52.5 Å². The third-order valence-electron chi connectivity index (χ3n) is 2.79. The van der Waals surface area contributed by atoms with Crippen LogP contribution in [0.5, 0.6) is 0 Å². The Morgan fingerprint density at radius 2 is 1.72 bits per heavy atom. The predicted molar refractivity (Wildman–Crippen MR) is 60.0 cm³/mol. The Labute approximate surface area is 105 Å². The van der Waals surface area contributed by atoms with E-state index in [1.807, 2.05) is 0 Å². The monoisotopic (exact) mass is 265 g/mol. The topological polar surface area (TPSA) is 39.5 Å². The van der Waals surface area contributed by atoms with Crippen LogP contribution in [0.25, 0.3) is 0 Å². The van der Waals surface area contributed by atoms with Gasteiger partial charge in [0.25, 0.3) is 0 Å². The molecule has 1 fully saturated rings. The second-order valence-electron chi connectivity index (χ2n) is 4.30. The summed E-state index contributed by atoms with van der Waals surface area (Å²) in [5.74, 6) is 0. The van der Waals surface area contributed by atoms with E-state index in [1.165, 1.54) is 0 Å². The molecule has 0 aliphatic carbocycles. The number of halogens is 3.